The molecule has 2 N–H and O–H groups in total. The molecule has 0 saturated heterocycles. The third-order valence-electron chi connectivity index (χ3n) is 3.35. The van der Waals surface area contributed by atoms with Crippen molar-refractivity contribution in [1.82, 2.24) is 5.32 Å². The zero-order valence-corrected chi connectivity index (χ0v) is 14.9. The van der Waals surface area contributed by atoms with E-state index in [4.69, 9.17) is 16.3 Å². The van der Waals surface area contributed by atoms with Gasteiger partial charge in [-0.3, -0.25) is 9.59 Å². The van der Waals surface area contributed by atoms with Gasteiger partial charge in [-0.2, -0.15) is 0 Å². The number of carbonyl (C=O) groups is 2. The first-order chi connectivity index (χ1) is 12.2. The molecule has 0 unspecified atom stereocenters. The number of amides is 2. The molecular formula is C18H17ClF2N2O3. The zero-order valence-electron chi connectivity index (χ0n) is 14.1. The zero-order chi connectivity index (χ0) is 19.3. The molecule has 0 aliphatic carbocycles. The third kappa shape index (κ3) is 5.42. The molecule has 0 radical (unpaired) electrons. The monoisotopic (exact) mass is 382 g/mol. The van der Waals surface area contributed by atoms with Crippen molar-refractivity contribution >= 4 is 29.1 Å². The van der Waals surface area contributed by atoms with Gasteiger partial charge in [0.1, 0.15) is 5.75 Å². The van der Waals surface area contributed by atoms with E-state index in [1.54, 1.807) is 38.1 Å². The lowest BCUT2D eigenvalue weighted by Gasteiger charge is -2.25. The molecule has 0 bridgehead atoms. The summed E-state index contributed by atoms with van der Waals surface area (Å²) in [6.45, 7) is 2.74. The fourth-order valence-electron chi connectivity index (χ4n) is 2.00. The maximum atomic E-state index is 13.1. The summed E-state index contributed by atoms with van der Waals surface area (Å²) in [5.41, 5.74) is -1.16. The summed E-state index contributed by atoms with van der Waals surface area (Å²) >= 11 is 5.79. The van der Waals surface area contributed by atoms with Crippen LogP contribution in [-0.2, 0) is 9.59 Å². The molecule has 26 heavy (non-hydrogen) atoms. The van der Waals surface area contributed by atoms with Gasteiger partial charge in [0.2, 0.25) is 5.91 Å². The van der Waals surface area contributed by atoms with E-state index >= 15 is 0 Å². The number of hydrogen-bond acceptors (Lipinski definition) is 3. The molecule has 0 fully saturated rings. The lowest BCUT2D eigenvalue weighted by Crippen LogP contribution is -2.48. The van der Waals surface area contributed by atoms with E-state index in [1.807, 2.05) is 0 Å². The Kier molecular flexibility index (Phi) is 6.15. The van der Waals surface area contributed by atoms with E-state index in [-0.39, 0.29) is 12.2 Å². The largest absolute Gasteiger partial charge is 0.478 e. The van der Waals surface area contributed by atoms with Crippen molar-refractivity contribution < 1.29 is 23.1 Å². The Hall–Kier alpha value is -2.67. The van der Waals surface area contributed by atoms with E-state index in [9.17, 15) is 18.4 Å². The minimum atomic E-state index is -1.24. The fourth-order valence-corrected chi connectivity index (χ4v) is 2.12. The number of anilines is 1. The minimum absolute atomic E-state index is 0.0832. The van der Waals surface area contributed by atoms with Gasteiger partial charge in [-0.1, -0.05) is 11.6 Å². The summed E-state index contributed by atoms with van der Waals surface area (Å²) in [5, 5.41) is 5.32. The highest BCUT2D eigenvalue weighted by atomic mass is 35.5. The van der Waals surface area contributed by atoms with Gasteiger partial charge >= 0.3 is 0 Å². The minimum Gasteiger partial charge on any atom is -0.478 e. The van der Waals surface area contributed by atoms with Gasteiger partial charge in [-0.25, -0.2) is 8.78 Å². The number of ether oxygens (including phenoxy) is 1. The van der Waals surface area contributed by atoms with E-state index < -0.39 is 29.0 Å². The Morgan fingerprint density at radius 3 is 2.35 bits per heavy atom. The van der Waals surface area contributed by atoms with Crippen molar-refractivity contribution in [1.29, 1.82) is 0 Å². The number of halogens is 3. The standard InChI is InChI=1S/C18H17ClF2N2O3/c1-18(2,26-13-6-3-11(19)4-7-13)17(25)22-10-16(24)23-12-5-8-14(20)15(21)9-12/h3-9H,10H2,1-2H3,(H,22,25)(H,23,24). The van der Waals surface area contributed by atoms with Crippen molar-refractivity contribution in [2.24, 2.45) is 0 Å². The molecule has 5 nitrogen and oxygen atoms in total. The van der Waals surface area contributed by atoms with Crippen molar-refractivity contribution in [3.05, 3.63) is 59.1 Å². The highest BCUT2D eigenvalue weighted by Crippen LogP contribution is 2.21. The van der Waals surface area contributed by atoms with Gasteiger partial charge in [0, 0.05) is 16.8 Å². The third-order valence-corrected chi connectivity index (χ3v) is 3.60. The van der Waals surface area contributed by atoms with Gasteiger partial charge < -0.3 is 15.4 Å². The summed E-state index contributed by atoms with van der Waals surface area (Å²) in [6.07, 6.45) is 0. The van der Waals surface area contributed by atoms with Gasteiger partial charge in [0.25, 0.3) is 5.91 Å². The summed E-state index contributed by atoms with van der Waals surface area (Å²) in [6, 6.07) is 9.45. The van der Waals surface area contributed by atoms with Gasteiger partial charge in [0.05, 0.1) is 6.54 Å². The second kappa shape index (κ2) is 8.14. The van der Waals surface area contributed by atoms with Crippen LogP contribution in [0.2, 0.25) is 5.02 Å². The number of nitrogens with one attached hydrogen (secondary N) is 2. The molecule has 2 rings (SSSR count). The number of rotatable bonds is 6. The van der Waals surface area contributed by atoms with Crippen LogP contribution in [0.5, 0.6) is 5.75 Å². The second-order valence-corrected chi connectivity index (χ2v) is 6.36. The van der Waals surface area contributed by atoms with Crippen molar-refractivity contribution in [3.8, 4) is 5.75 Å². The van der Waals surface area contributed by atoms with E-state index in [0.717, 1.165) is 12.1 Å². The molecule has 0 aromatic heterocycles. The Bertz CT molecular complexity index is 811. The molecule has 0 saturated carbocycles. The van der Waals surface area contributed by atoms with Crippen LogP contribution in [0.3, 0.4) is 0 Å². The molecule has 0 aliphatic heterocycles. The molecular weight excluding hydrogens is 366 g/mol. The number of benzene rings is 2. The Morgan fingerprint density at radius 2 is 1.73 bits per heavy atom. The van der Waals surface area contributed by atoms with E-state index in [2.05, 4.69) is 10.6 Å². The summed E-state index contributed by atoms with van der Waals surface area (Å²) in [7, 11) is 0. The van der Waals surface area contributed by atoms with Gasteiger partial charge in [-0.15, -0.1) is 0 Å². The molecule has 0 aliphatic rings. The molecule has 138 valence electrons. The van der Waals surface area contributed by atoms with Crippen LogP contribution in [0.4, 0.5) is 14.5 Å². The topological polar surface area (TPSA) is 67.4 Å². The quantitative estimate of drug-likeness (QED) is 0.803. The Balaban J connectivity index is 1.88. The van der Waals surface area contributed by atoms with Crippen LogP contribution in [0.1, 0.15) is 13.8 Å². The van der Waals surface area contributed by atoms with Crippen LogP contribution >= 0.6 is 11.6 Å². The first kappa shape index (κ1) is 19.7. The van der Waals surface area contributed by atoms with Crippen LogP contribution in [0.15, 0.2) is 42.5 Å². The summed E-state index contributed by atoms with van der Waals surface area (Å²) < 4.78 is 31.6. The Labute approximate surface area is 154 Å². The summed E-state index contributed by atoms with van der Waals surface area (Å²) in [4.78, 5) is 24.1. The molecule has 8 heteroatoms. The van der Waals surface area contributed by atoms with Crippen LogP contribution in [-0.4, -0.2) is 24.0 Å². The lowest BCUT2D eigenvalue weighted by molar-refractivity contribution is -0.135. The smallest absolute Gasteiger partial charge is 0.264 e. The first-order valence-electron chi connectivity index (χ1n) is 7.65. The highest BCUT2D eigenvalue weighted by molar-refractivity contribution is 6.30. The van der Waals surface area contributed by atoms with Crippen LogP contribution in [0.25, 0.3) is 0 Å². The average molecular weight is 383 g/mol. The van der Waals surface area contributed by atoms with Crippen LogP contribution < -0.4 is 15.4 Å². The molecule has 0 atom stereocenters. The second-order valence-electron chi connectivity index (χ2n) is 5.93. The van der Waals surface area contributed by atoms with Crippen molar-refractivity contribution in [3.63, 3.8) is 0 Å². The van der Waals surface area contributed by atoms with Crippen molar-refractivity contribution in [2.45, 2.75) is 19.4 Å². The van der Waals surface area contributed by atoms with Gasteiger partial charge in [-0.05, 0) is 50.2 Å². The SMILES string of the molecule is CC(C)(Oc1ccc(Cl)cc1)C(=O)NCC(=O)Nc1ccc(F)c(F)c1. The molecule has 2 aromatic rings. The highest BCUT2D eigenvalue weighted by Gasteiger charge is 2.30. The van der Waals surface area contributed by atoms with Crippen LogP contribution in [0, 0.1) is 11.6 Å². The maximum Gasteiger partial charge on any atom is 0.264 e. The van der Waals surface area contributed by atoms with Crippen molar-refractivity contribution in [2.75, 3.05) is 11.9 Å². The summed E-state index contributed by atoms with van der Waals surface area (Å²) in [5.74, 6) is -2.76. The average Bonchev–Trinajstić information content (AvgIpc) is 2.58. The Morgan fingerprint density at radius 1 is 1.08 bits per heavy atom. The maximum absolute atomic E-state index is 13.1. The van der Waals surface area contributed by atoms with E-state index in [1.165, 1.54) is 6.07 Å². The normalized spacial score (nSPS) is 11.0. The molecule has 0 heterocycles. The fraction of sp³-hybridized carbons (Fsp3) is 0.222. The van der Waals surface area contributed by atoms with E-state index in [0.29, 0.717) is 10.8 Å². The lowest BCUT2D eigenvalue weighted by atomic mass is 10.1. The van der Waals surface area contributed by atoms with Gasteiger partial charge in [0.15, 0.2) is 17.2 Å². The molecule has 2 amide bonds. The predicted octanol–water partition coefficient (Wildman–Crippen LogP) is 3.53. The predicted molar refractivity (Wildman–Crippen MR) is 94.2 cm³/mol. The first-order valence-corrected chi connectivity index (χ1v) is 8.03. The number of carbonyl (C=O) groups excluding carboxylic acids is 2. The number of hydrogen-bond donors (Lipinski definition) is 2. The molecule has 0 spiro atoms. The molecule has 2 aromatic carbocycles.